The van der Waals surface area contributed by atoms with Crippen LogP contribution < -0.4 is 0 Å². The van der Waals surface area contributed by atoms with Gasteiger partial charge < -0.3 is 10.2 Å². The van der Waals surface area contributed by atoms with E-state index in [-0.39, 0.29) is 12.2 Å². The minimum absolute atomic E-state index is 0.0633. The molecule has 164 valence electrons. The highest BCUT2D eigenvalue weighted by molar-refractivity contribution is 5.25. The minimum Gasteiger partial charge on any atom is -0.393 e. The Bertz CT molecular complexity index is 634. The van der Waals surface area contributed by atoms with Gasteiger partial charge in [-0.2, -0.15) is 0 Å². The van der Waals surface area contributed by atoms with Gasteiger partial charge in [0.15, 0.2) is 0 Å². The molecule has 0 bridgehead atoms. The molecule has 0 aromatic carbocycles. The first-order valence-corrected chi connectivity index (χ1v) is 13.0. The van der Waals surface area contributed by atoms with E-state index in [0.717, 1.165) is 55.3 Å². The fraction of sp³-hybridized carbons (Fsp3) is 0.926. The summed E-state index contributed by atoms with van der Waals surface area (Å²) in [5.41, 5.74) is 2.39. The Morgan fingerprint density at radius 1 is 0.966 bits per heavy atom. The van der Waals surface area contributed by atoms with Gasteiger partial charge in [-0.1, -0.05) is 51.2 Å². The zero-order chi connectivity index (χ0) is 20.2. The molecule has 4 fully saturated rings. The average molecular weight is 401 g/mol. The van der Waals surface area contributed by atoms with Crippen molar-refractivity contribution in [3.63, 3.8) is 0 Å². The van der Waals surface area contributed by atoms with Crippen LogP contribution in [0.1, 0.15) is 104 Å². The van der Waals surface area contributed by atoms with E-state index in [1.165, 1.54) is 64.2 Å². The highest BCUT2D eigenvalue weighted by atomic mass is 16.3. The van der Waals surface area contributed by atoms with Crippen LogP contribution in [0.15, 0.2) is 11.6 Å². The third-order valence-corrected chi connectivity index (χ3v) is 10.9. The molecule has 5 rings (SSSR count). The molecule has 0 aliphatic heterocycles. The fourth-order valence-electron chi connectivity index (χ4n) is 9.19. The van der Waals surface area contributed by atoms with E-state index < -0.39 is 0 Å². The summed E-state index contributed by atoms with van der Waals surface area (Å²) in [7, 11) is 0. The second-order valence-corrected chi connectivity index (χ2v) is 12.3. The zero-order valence-corrected chi connectivity index (χ0v) is 18.9. The second kappa shape index (κ2) is 7.66. The van der Waals surface area contributed by atoms with Crippen molar-refractivity contribution in [1.82, 2.24) is 0 Å². The van der Waals surface area contributed by atoms with E-state index in [1.54, 1.807) is 5.57 Å². The van der Waals surface area contributed by atoms with Crippen molar-refractivity contribution in [2.24, 2.45) is 40.4 Å². The van der Waals surface area contributed by atoms with Crippen LogP contribution in [0.2, 0.25) is 0 Å². The average Bonchev–Trinajstić information content (AvgIpc) is 3.30. The number of aliphatic hydroxyl groups is 2. The predicted octanol–water partition coefficient (Wildman–Crippen LogP) is 6.26. The first-order chi connectivity index (χ1) is 13.9. The summed E-state index contributed by atoms with van der Waals surface area (Å²) in [6.45, 7) is 5.13. The molecule has 8 atom stereocenters. The number of hydrogen-bond donors (Lipinski definition) is 2. The van der Waals surface area contributed by atoms with E-state index in [0.29, 0.717) is 10.8 Å². The van der Waals surface area contributed by atoms with Crippen LogP contribution >= 0.6 is 0 Å². The van der Waals surface area contributed by atoms with Crippen molar-refractivity contribution in [3.8, 4) is 0 Å². The van der Waals surface area contributed by atoms with Gasteiger partial charge >= 0.3 is 0 Å². The lowest BCUT2D eigenvalue weighted by Crippen LogP contribution is -2.50. The van der Waals surface area contributed by atoms with Crippen LogP contribution in [-0.4, -0.2) is 22.4 Å². The number of rotatable bonds is 4. The molecule has 5 aliphatic rings. The summed E-state index contributed by atoms with van der Waals surface area (Å²) in [5.74, 6) is 4.06. The standard InChI is InChI=1S/C27H44O2/c1-26-13-11-21(28)16-19(26)7-9-23-24-10-8-20(27(24,2)14-12-25(23)26)17-22(29)15-18-5-3-4-6-18/h7,18,20-25,28-29H,3-6,8-17H2,1-2H3/t20-,21?,22?,23?,24?,25?,26+,27?/m1/s1. The van der Waals surface area contributed by atoms with Crippen molar-refractivity contribution in [1.29, 1.82) is 0 Å². The van der Waals surface area contributed by atoms with Crippen molar-refractivity contribution in [3.05, 3.63) is 11.6 Å². The van der Waals surface area contributed by atoms with Crippen LogP contribution in [0.4, 0.5) is 0 Å². The first kappa shape index (κ1) is 20.6. The molecule has 5 aliphatic carbocycles. The number of allylic oxidation sites excluding steroid dienone is 1. The molecule has 0 aromatic heterocycles. The van der Waals surface area contributed by atoms with Gasteiger partial charge in [0.1, 0.15) is 0 Å². The quantitative estimate of drug-likeness (QED) is 0.547. The molecule has 2 heteroatoms. The Balaban J connectivity index is 1.29. The Morgan fingerprint density at radius 3 is 2.55 bits per heavy atom. The van der Waals surface area contributed by atoms with Gasteiger partial charge in [-0.25, -0.2) is 0 Å². The molecular weight excluding hydrogens is 356 g/mol. The van der Waals surface area contributed by atoms with Crippen molar-refractivity contribution in [2.45, 2.75) is 116 Å². The third-order valence-electron chi connectivity index (χ3n) is 10.9. The lowest BCUT2D eigenvalue weighted by atomic mass is 9.47. The summed E-state index contributed by atoms with van der Waals surface area (Å²) in [6.07, 6.45) is 19.8. The molecule has 29 heavy (non-hydrogen) atoms. The molecule has 2 N–H and O–H groups in total. The molecule has 0 radical (unpaired) electrons. The van der Waals surface area contributed by atoms with E-state index >= 15 is 0 Å². The molecule has 4 saturated carbocycles. The molecular formula is C27H44O2. The zero-order valence-electron chi connectivity index (χ0n) is 18.9. The fourth-order valence-corrected chi connectivity index (χ4v) is 9.19. The molecule has 0 aromatic rings. The van der Waals surface area contributed by atoms with Gasteiger partial charge in [-0.15, -0.1) is 0 Å². The maximum Gasteiger partial charge on any atom is 0.0577 e. The summed E-state index contributed by atoms with van der Waals surface area (Å²) in [6, 6.07) is 0. The van der Waals surface area contributed by atoms with Crippen LogP contribution in [0.25, 0.3) is 0 Å². The molecule has 2 nitrogen and oxygen atoms in total. The van der Waals surface area contributed by atoms with E-state index in [4.69, 9.17) is 0 Å². The largest absolute Gasteiger partial charge is 0.393 e. The van der Waals surface area contributed by atoms with Gasteiger partial charge in [0.05, 0.1) is 12.2 Å². The van der Waals surface area contributed by atoms with Gasteiger partial charge in [0, 0.05) is 0 Å². The van der Waals surface area contributed by atoms with Gasteiger partial charge in [0.2, 0.25) is 0 Å². The van der Waals surface area contributed by atoms with Gasteiger partial charge in [0.25, 0.3) is 0 Å². The molecule has 6 unspecified atom stereocenters. The second-order valence-electron chi connectivity index (χ2n) is 12.3. The maximum atomic E-state index is 10.9. The SMILES string of the molecule is CC12CCC3C(CC=C4CC(O)CC[C@@]43C)C1CC[C@@H]2CC(O)CC1CCCC1. The summed E-state index contributed by atoms with van der Waals surface area (Å²) >= 11 is 0. The normalized spacial score (nSPS) is 48.6. The highest BCUT2D eigenvalue weighted by Crippen LogP contribution is 2.66. The van der Waals surface area contributed by atoms with Crippen molar-refractivity contribution in [2.75, 3.05) is 0 Å². The molecule has 0 amide bonds. The van der Waals surface area contributed by atoms with Crippen molar-refractivity contribution >= 4 is 0 Å². The Kier molecular flexibility index (Phi) is 5.43. The third kappa shape index (κ3) is 3.45. The number of aliphatic hydroxyl groups excluding tert-OH is 2. The molecule has 0 heterocycles. The monoisotopic (exact) mass is 400 g/mol. The van der Waals surface area contributed by atoms with Crippen LogP contribution in [0.3, 0.4) is 0 Å². The van der Waals surface area contributed by atoms with Crippen LogP contribution in [0, 0.1) is 40.4 Å². The summed E-state index contributed by atoms with van der Waals surface area (Å²) < 4.78 is 0. The van der Waals surface area contributed by atoms with Crippen LogP contribution in [0.5, 0.6) is 0 Å². The molecule has 0 saturated heterocycles. The first-order valence-electron chi connectivity index (χ1n) is 13.0. The minimum atomic E-state index is -0.100. The van der Waals surface area contributed by atoms with Crippen LogP contribution in [-0.2, 0) is 0 Å². The predicted molar refractivity (Wildman–Crippen MR) is 118 cm³/mol. The Morgan fingerprint density at radius 2 is 1.76 bits per heavy atom. The van der Waals surface area contributed by atoms with E-state index in [1.807, 2.05) is 0 Å². The van der Waals surface area contributed by atoms with E-state index in [9.17, 15) is 10.2 Å². The van der Waals surface area contributed by atoms with Crippen molar-refractivity contribution < 1.29 is 10.2 Å². The summed E-state index contributed by atoms with van der Waals surface area (Å²) in [4.78, 5) is 0. The van der Waals surface area contributed by atoms with Gasteiger partial charge in [-0.05, 0) is 105 Å². The Labute approximate surface area is 178 Å². The number of hydrogen-bond acceptors (Lipinski definition) is 2. The lowest BCUT2D eigenvalue weighted by Gasteiger charge is -2.58. The smallest absolute Gasteiger partial charge is 0.0577 e. The Hall–Kier alpha value is -0.340. The van der Waals surface area contributed by atoms with E-state index in [2.05, 4.69) is 19.9 Å². The highest BCUT2D eigenvalue weighted by Gasteiger charge is 2.58. The number of fused-ring (bicyclic) bond motifs is 5. The summed E-state index contributed by atoms with van der Waals surface area (Å²) in [5, 5.41) is 21.1. The topological polar surface area (TPSA) is 40.5 Å². The maximum absolute atomic E-state index is 10.9. The lowest BCUT2D eigenvalue weighted by molar-refractivity contribution is -0.0561. The molecule has 0 spiro atoms. The van der Waals surface area contributed by atoms with Gasteiger partial charge in [-0.3, -0.25) is 0 Å².